The zero-order valence-electron chi connectivity index (χ0n) is 17.7. The molecule has 0 atom stereocenters. The van der Waals surface area contributed by atoms with Gasteiger partial charge in [-0.25, -0.2) is 0 Å². The summed E-state index contributed by atoms with van der Waals surface area (Å²) >= 11 is 0. The van der Waals surface area contributed by atoms with Crippen molar-refractivity contribution in [2.75, 3.05) is 0 Å². The minimum absolute atomic E-state index is 1.10. The molecule has 2 aliphatic rings. The first kappa shape index (κ1) is 19.1. The first-order chi connectivity index (χ1) is 14.9. The van der Waals surface area contributed by atoms with Crippen molar-refractivity contribution < 1.29 is 0 Å². The van der Waals surface area contributed by atoms with Crippen molar-refractivity contribution in [3.8, 4) is 11.1 Å². The number of unbranched alkanes of at least 4 members (excludes halogenated alkanes) is 4. The molecule has 3 aromatic rings. The Morgan fingerprint density at radius 2 is 1.60 bits per heavy atom. The van der Waals surface area contributed by atoms with Gasteiger partial charge >= 0.3 is 0 Å². The van der Waals surface area contributed by atoms with Crippen LogP contribution in [0.1, 0.15) is 65.5 Å². The third-order valence-corrected chi connectivity index (χ3v) is 6.56. The maximum atomic E-state index is 2.44. The summed E-state index contributed by atoms with van der Waals surface area (Å²) in [7, 11) is 0. The largest absolute Gasteiger partial charge is 0.0839 e. The van der Waals surface area contributed by atoms with Crippen molar-refractivity contribution in [2.45, 2.75) is 51.4 Å². The van der Waals surface area contributed by atoms with E-state index in [1.54, 1.807) is 0 Å². The molecule has 0 spiro atoms. The molecule has 0 N–H and O–H groups in total. The predicted octanol–water partition coefficient (Wildman–Crippen LogP) is 8.03. The van der Waals surface area contributed by atoms with Crippen LogP contribution in [0.3, 0.4) is 0 Å². The predicted molar refractivity (Wildman–Crippen MR) is 130 cm³/mol. The van der Waals surface area contributed by atoms with Crippen LogP contribution in [-0.4, -0.2) is 0 Å². The molecule has 0 saturated carbocycles. The van der Waals surface area contributed by atoms with Crippen LogP contribution in [0.25, 0.3) is 23.3 Å². The Hall–Kier alpha value is -2.86. The van der Waals surface area contributed by atoms with Crippen LogP contribution in [0.2, 0.25) is 0 Å². The lowest BCUT2D eigenvalue weighted by Gasteiger charge is -2.06. The number of hydrogen-bond acceptors (Lipinski definition) is 0. The number of rotatable bonds is 8. The smallest absolute Gasteiger partial charge is 0.00135 e. The van der Waals surface area contributed by atoms with Gasteiger partial charge in [-0.05, 0) is 89.1 Å². The van der Waals surface area contributed by atoms with E-state index in [0.29, 0.717) is 0 Å². The Bertz CT molecular complexity index is 1100. The zero-order valence-corrected chi connectivity index (χ0v) is 17.7. The van der Waals surface area contributed by atoms with Gasteiger partial charge in [0.2, 0.25) is 0 Å². The van der Waals surface area contributed by atoms with Crippen LogP contribution in [0.4, 0.5) is 0 Å². The normalized spacial score (nSPS) is 13.6. The van der Waals surface area contributed by atoms with Crippen molar-refractivity contribution in [3.63, 3.8) is 0 Å². The van der Waals surface area contributed by atoms with Gasteiger partial charge in [-0.3, -0.25) is 0 Å². The average molecular weight is 391 g/mol. The highest BCUT2D eigenvalue weighted by Crippen LogP contribution is 2.37. The minimum Gasteiger partial charge on any atom is -0.0839 e. The van der Waals surface area contributed by atoms with Gasteiger partial charge in [0.05, 0.1) is 0 Å². The van der Waals surface area contributed by atoms with Crippen LogP contribution in [0.15, 0.2) is 72.8 Å². The highest BCUT2D eigenvalue weighted by molar-refractivity contribution is 5.77. The molecule has 0 nitrogen and oxygen atoms in total. The number of fused-ring (bicyclic) bond motifs is 4. The molecule has 5 rings (SSSR count). The second-order valence-electron chi connectivity index (χ2n) is 8.75. The summed E-state index contributed by atoms with van der Waals surface area (Å²) in [5, 5.41) is 0. The molecule has 0 fully saturated rings. The molecule has 150 valence electrons. The molecule has 0 radical (unpaired) electrons. The Kier molecular flexibility index (Phi) is 5.66. The molecular formula is C30H30. The SMILES string of the molecule is C(=Cc1ccc2c(c1)C=CC2)CCCCCCc1ccc2c(c1)-c1ccccc1C2. The molecule has 0 aliphatic heterocycles. The van der Waals surface area contributed by atoms with E-state index in [9.17, 15) is 0 Å². The summed E-state index contributed by atoms with van der Waals surface area (Å²) in [5.74, 6) is 0. The van der Waals surface area contributed by atoms with Crippen LogP contribution in [-0.2, 0) is 19.3 Å². The Balaban J connectivity index is 1.04. The summed E-state index contributed by atoms with van der Waals surface area (Å²) in [6.07, 6.45) is 18.9. The summed E-state index contributed by atoms with van der Waals surface area (Å²) in [6.45, 7) is 0. The van der Waals surface area contributed by atoms with E-state index in [1.165, 1.54) is 83.0 Å². The number of hydrogen-bond donors (Lipinski definition) is 0. The summed E-state index contributed by atoms with van der Waals surface area (Å²) in [4.78, 5) is 0. The van der Waals surface area contributed by atoms with Crippen molar-refractivity contribution >= 4 is 12.2 Å². The third kappa shape index (κ3) is 4.19. The highest BCUT2D eigenvalue weighted by atomic mass is 14.2. The fourth-order valence-electron chi connectivity index (χ4n) is 4.86. The zero-order chi connectivity index (χ0) is 20.2. The van der Waals surface area contributed by atoms with E-state index in [-0.39, 0.29) is 0 Å². The maximum absolute atomic E-state index is 2.44. The van der Waals surface area contributed by atoms with E-state index in [0.717, 1.165) is 12.8 Å². The van der Waals surface area contributed by atoms with Crippen LogP contribution < -0.4 is 0 Å². The monoisotopic (exact) mass is 390 g/mol. The van der Waals surface area contributed by atoms with E-state index < -0.39 is 0 Å². The molecule has 0 aromatic heterocycles. The standard InChI is InChI=1S/C30H30/c1(3-5-10-23-16-18-25-13-9-14-26(25)20-23)2-4-6-11-24-17-19-28-22-27-12-7-8-15-29(27)30(28)21-24/h5,7-10,12,14-21H,1-4,6,11,13,22H2. The Morgan fingerprint density at radius 3 is 2.60 bits per heavy atom. The van der Waals surface area contributed by atoms with E-state index in [1.807, 2.05) is 0 Å². The quantitative estimate of drug-likeness (QED) is 0.267. The molecule has 0 heteroatoms. The number of allylic oxidation sites excluding steroid dienone is 2. The fourth-order valence-corrected chi connectivity index (χ4v) is 4.86. The van der Waals surface area contributed by atoms with Crippen molar-refractivity contribution in [3.05, 3.63) is 106 Å². The molecule has 3 aromatic carbocycles. The maximum Gasteiger partial charge on any atom is -0.00135 e. The second-order valence-corrected chi connectivity index (χ2v) is 8.75. The molecule has 0 bridgehead atoms. The molecule has 0 amide bonds. The van der Waals surface area contributed by atoms with Gasteiger partial charge in [-0.1, -0.05) is 91.7 Å². The van der Waals surface area contributed by atoms with E-state index in [2.05, 4.69) is 85.0 Å². The van der Waals surface area contributed by atoms with Crippen molar-refractivity contribution in [1.29, 1.82) is 0 Å². The lowest BCUT2D eigenvalue weighted by atomic mass is 9.99. The summed E-state index contributed by atoms with van der Waals surface area (Å²) in [6, 6.07) is 22.8. The van der Waals surface area contributed by atoms with Gasteiger partial charge in [0.1, 0.15) is 0 Å². The lowest BCUT2D eigenvalue weighted by molar-refractivity contribution is 0.646. The van der Waals surface area contributed by atoms with Crippen molar-refractivity contribution in [1.82, 2.24) is 0 Å². The number of aryl methyl sites for hydroxylation is 1. The van der Waals surface area contributed by atoms with Crippen LogP contribution >= 0.6 is 0 Å². The molecule has 0 heterocycles. The molecule has 30 heavy (non-hydrogen) atoms. The van der Waals surface area contributed by atoms with Gasteiger partial charge in [0.15, 0.2) is 0 Å². The molecule has 0 saturated heterocycles. The van der Waals surface area contributed by atoms with Crippen LogP contribution in [0.5, 0.6) is 0 Å². The first-order valence-electron chi connectivity index (χ1n) is 11.5. The Labute approximate surface area is 181 Å². The molecular weight excluding hydrogens is 360 g/mol. The number of benzene rings is 3. The molecule has 0 unspecified atom stereocenters. The van der Waals surface area contributed by atoms with E-state index in [4.69, 9.17) is 0 Å². The van der Waals surface area contributed by atoms with Gasteiger partial charge in [0.25, 0.3) is 0 Å². The lowest BCUT2D eigenvalue weighted by Crippen LogP contribution is -1.88. The molecule has 2 aliphatic carbocycles. The minimum atomic E-state index is 1.10. The van der Waals surface area contributed by atoms with Gasteiger partial charge in [-0.15, -0.1) is 0 Å². The average Bonchev–Trinajstić information content (AvgIpc) is 3.39. The highest BCUT2D eigenvalue weighted by Gasteiger charge is 2.17. The van der Waals surface area contributed by atoms with Gasteiger partial charge < -0.3 is 0 Å². The summed E-state index contributed by atoms with van der Waals surface area (Å²) in [5.41, 5.74) is 11.6. The van der Waals surface area contributed by atoms with Crippen molar-refractivity contribution in [2.24, 2.45) is 0 Å². The Morgan fingerprint density at radius 1 is 0.733 bits per heavy atom. The summed E-state index contributed by atoms with van der Waals surface area (Å²) < 4.78 is 0. The van der Waals surface area contributed by atoms with E-state index >= 15 is 0 Å². The first-order valence-corrected chi connectivity index (χ1v) is 11.5. The fraction of sp³-hybridized carbons (Fsp3) is 0.267. The van der Waals surface area contributed by atoms with Gasteiger partial charge in [0, 0.05) is 0 Å². The van der Waals surface area contributed by atoms with Crippen LogP contribution in [0, 0.1) is 0 Å². The second kappa shape index (κ2) is 8.88. The topological polar surface area (TPSA) is 0 Å². The van der Waals surface area contributed by atoms with Gasteiger partial charge in [-0.2, -0.15) is 0 Å². The third-order valence-electron chi connectivity index (χ3n) is 6.56.